The molecule has 0 saturated carbocycles. The van der Waals surface area contributed by atoms with E-state index in [1.807, 2.05) is 0 Å². The highest BCUT2D eigenvalue weighted by Gasteiger charge is 2.14. The molecule has 144 valence electrons. The van der Waals surface area contributed by atoms with Gasteiger partial charge in [-0.05, 0) is 36.5 Å². The Morgan fingerprint density at radius 1 is 1.25 bits per heavy atom. The minimum atomic E-state index is -0.557. The molecule has 3 aromatic rings. The quantitative estimate of drug-likeness (QED) is 0.279. The molecule has 1 N–H and O–H groups in total. The molecule has 28 heavy (non-hydrogen) atoms. The largest absolute Gasteiger partial charge is 0.493 e. The second-order valence-electron chi connectivity index (χ2n) is 5.45. The fourth-order valence-corrected chi connectivity index (χ4v) is 2.80. The predicted octanol–water partition coefficient (Wildman–Crippen LogP) is 4.07. The Labute approximate surface area is 169 Å². The average molecular weight is 420 g/mol. The van der Waals surface area contributed by atoms with Crippen molar-refractivity contribution in [1.82, 2.24) is 14.9 Å². The van der Waals surface area contributed by atoms with Crippen LogP contribution in [0.1, 0.15) is 5.56 Å². The van der Waals surface area contributed by atoms with Crippen molar-refractivity contribution in [2.24, 2.45) is 5.10 Å². The van der Waals surface area contributed by atoms with Crippen molar-refractivity contribution >= 4 is 35.7 Å². The highest BCUT2D eigenvalue weighted by Crippen LogP contribution is 2.31. The smallest absolute Gasteiger partial charge is 0.288 e. The fourth-order valence-electron chi connectivity index (χ4n) is 2.44. The van der Waals surface area contributed by atoms with E-state index in [0.29, 0.717) is 28.5 Å². The molecule has 0 aliphatic carbocycles. The van der Waals surface area contributed by atoms with Crippen LogP contribution in [0.2, 0.25) is 5.02 Å². The Balaban J connectivity index is 2.01. The summed E-state index contributed by atoms with van der Waals surface area (Å²) in [6, 6.07) is 9.63. The number of H-pyrrole nitrogens is 1. The van der Waals surface area contributed by atoms with Crippen molar-refractivity contribution in [3.63, 3.8) is 0 Å². The van der Waals surface area contributed by atoms with Crippen LogP contribution in [-0.2, 0) is 0 Å². The molecule has 0 aliphatic heterocycles. The molecule has 0 aliphatic rings. The zero-order valence-corrected chi connectivity index (χ0v) is 16.3. The number of ether oxygens (including phenoxy) is 2. The van der Waals surface area contributed by atoms with Crippen LogP contribution in [0, 0.1) is 14.9 Å². The van der Waals surface area contributed by atoms with Crippen LogP contribution in [0.3, 0.4) is 0 Å². The number of hydrogen-bond donors (Lipinski definition) is 1. The molecule has 11 heteroatoms. The van der Waals surface area contributed by atoms with Crippen LogP contribution < -0.4 is 9.47 Å². The minimum Gasteiger partial charge on any atom is -0.493 e. The molecule has 0 bridgehead atoms. The summed E-state index contributed by atoms with van der Waals surface area (Å²) in [5.41, 5.74) is 0.961. The lowest BCUT2D eigenvalue weighted by molar-refractivity contribution is -0.384. The lowest BCUT2D eigenvalue weighted by atomic mass is 10.2. The lowest BCUT2D eigenvalue weighted by Crippen LogP contribution is -1.97. The first kappa shape index (κ1) is 19.5. The predicted molar refractivity (Wildman–Crippen MR) is 107 cm³/mol. The topological polar surface area (TPSA) is 108 Å². The molecule has 3 rings (SSSR count). The summed E-state index contributed by atoms with van der Waals surface area (Å²) in [6.07, 6.45) is 1.43. The van der Waals surface area contributed by atoms with E-state index in [0.717, 1.165) is 0 Å². The van der Waals surface area contributed by atoms with Crippen LogP contribution in [0.25, 0.3) is 11.4 Å². The fraction of sp³-hybridized carbons (Fsp3) is 0.118. The van der Waals surface area contributed by atoms with Gasteiger partial charge >= 0.3 is 0 Å². The molecule has 0 amide bonds. The van der Waals surface area contributed by atoms with Crippen molar-refractivity contribution in [2.75, 3.05) is 14.2 Å². The third kappa shape index (κ3) is 3.87. The molecule has 9 nitrogen and oxygen atoms in total. The normalized spacial score (nSPS) is 11.0. The Hall–Kier alpha value is -3.24. The summed E-state index contributed by atoms with van der Waals surface area (Å²) in [5, 5.41) is 22.2. The zero-order valence-electron chi connectivity index (χ0n) is 14.7. The number of nitrogens with one attached hydrogen (secondary N) is 1. The van der Waals surface area contributed by atoms with E-state index in [4.69, 9.17) is 33.3 Å². The Morgan fingerprint density at radius 2 is 2.00 bits per heavy atom. The number of aromatic amines is 1. The molecule has 0 spiro atoms. The molecule has 2 aromatic carbocycles. The van der Waals surface area contributed by atoms with Crippen LogP contribution in [0.5, 0.6) is 11.5 Å². The van der Waals surface area contributed by atoms with Gasteiger partial charge in [0.25, 0.3) is 5.69 Å². The van der Waals surface area contributed by atoms with Crippen molar-refractivity contribution < 1.29 is 14.4 Å². The van der Waals surface area contributed by atoms with Gasteiger partial charge in [0, 0.05) is 17.2 Å². The van der Waals surface area contributed by atoms with Crippen LogP contribution in [0.15, 0.2) is 41.5 Å². The molecule has 1 heterocycles. The van der Waals surface area contributed by atoms with Gasteiger partial charge in [0.05, 0.1) is 25.4 Å². The number of nitro groups is 1. The first-order valence-electron chi connectivity index (χ1n) is 7.82. The third-order valence-corrected chi connectivity index (χ3v) is 4.37. The number of hydrogen-bond acceptors (Lipinski definition) is 7. The molecule has 0 atom stereocenters. The van der Waals surface area contributed by atoms with Gasteiger partial charge in [-0.1, -0.05) is 17.7 Å². The van der Waals surface area contributed by atoms with Gasteiger partial charge in [0.15, 0.2) is 17.3 Å². The number of nitrogens with zero attached hydrogens (tertiary/aromatic N) is 4. The van der Waals surface area contributed by atoms with Gasteiger partial charge in [-0.2, -0.15) is 14.9 Å². The summed E-state index contributed by atoms with van der Waals surface area (Å²) in [7, 11) is 3.08. The van der Waals surface area contributed by atoms with E-state index >= 15 is 0 Å². The van der Waals surface area contributed by atoms with E-state index in [9.17, 15) is 10.1 Å². The number of benzene rings is 2. The molecule has 1 aromatic heterocycles. The monoisotopic (exact) mass is 419 g/mol. The second kappa shape index (κ2) is 8.19. The highest BCUT2D eigenvalue weighted by atomic mass is 35.5. The van der Waals surface area contributed by atoms with Gasteiger partial charge in [-0.25, -0.2) is 5.10 Å². The Kier molecular flexibility index (Phi) is 5.71. The van der Waals surface area contributed by atoms with E-state index in [1.165, 1.54) is 30.1 Å². The molecule has 0 fully saturated rings. The summed E-state index contributed by atoms with van der Waals surface area (Å²) in [4.78, 5) is 10.5. The SMILES string of the molecule is COc1ccc(-c2n[nH]c(=S)n2/N=C/c2ccc(Cl)c([N+](=O)[O-])c2)cc1OC. The van der Waals surface area contributed by atoms with Crippen LogP contribution in [-0.4, -0.2) is 40.2 Å². The Bertz CT molecular complexity index is 1120. The maximum Gasteiger partial charge on any atom is 0.288 e. The van der Waals surface area contributed by atoms with E-state index in [1.54, 1.807) is 31.4 Å². The summed E-state index contributed by atoms with van der Waals surface area (Å²) in [5.74, 6) is 1.53. The number of aromatic nitrogens is 3. The van der Waals surface area contributed by atoms with Gasteiger partial charge in [0.1, 0.15) is 5.02 Å². The maximum atomic E-state index is 11.0. The van der Waals surface area contributed by atoms with E-state index < -0.39 is 4.92 Å². The minimum absolute atomic E-state index is 0.0492. The average Bonchev–Trinajstić information content (AvgIpc) is 3.07. The molecular formula is C17H14ClN5O4S. The standard InChI is InChI=1S/C17H14ClN5O4S/c1-26-14-6-4-11(8-15(14)27-2)16-20-21-17(28)22(16)19-9-10-3-5-12(18)13(7-10)23(24)25/h3-9H,1-2H3,(H,21,28)/b19-9+. The summed E-state index contributed by atoms with van der Waals surface area (Å²) < 4.78 is 12.2. The number of halogens is 1. The van der Waals surface area contributed by atoms with Gasteiger partial charge < -0.3 is 9.47 Å². The zero-order chi connectivity index (χ0) is 20.3. The summed E-state index contributed by atoms with van der Waals surface area (Å²) >= 11 is 11.1. The number of methoxy groups -OCH3 is 2. The molecular weight excluding hydrogens is 406 g/mol. The van der Waals surface area contributed by atoms with Crippen LogP contribution in [0.4, 0.5) is 5.69 Å². The van der Waals surface area contributed by atoms with Crippen molar-refractivity contribution in [2.45, 2.75) is 0 Å². The number of rotatable bonds is 6. The number of nitro benzene ring substituents is 1. The van der Waals surface area contributed by atoms with Crippen molar-refractivity contribution in [1.29, 1.82) is 0 Å². The Morgan fingerprint density at radius 3 is 2.68 bits per heavy atom. The van der Waals surface area contributed by atoms with E-state index in [-0.39, 0.29) is 15.5 Å². The van der Waals surface area contributed by atoms with Gasteiger partial charge in [-0.15, -0.1) is 0 Å². The van der Waals surface area contributed by atoms with Crippen molar-refractivity contribution in [3.8, 4) is 22.9 Å². The first-order chi connectivity index (χ1) is 13.4. The van der Waals surface area contributed by atoms with Crippen LogP contribution >= 0.6 is 23.8 Å². The maximum absolute atomic E-state index is 11.0. The molecule has 0 radical (unpaired) electrons. The lowest BCUT2D eigenvalue weighted by Gasteiger charge is -2.09. The molecule has 0 saturated heterocycles. The van der Waals surface area contributed by atoms with Crippen molar-refractivity contribution in [3.05, 3.63) is 61.9 Å². The van der Waals surface area contributed by atoms with E-state index in [2.05, 4.69) is 15.3 Å². The third-order valence-electron chi connectivity index (χ3n) is 3.78. The van der Waals surface area contributed by atoms with Gasteiger partial charge in [-0.3, -0.25) is 10.1 Å². The highest BCUT2D eigenvalue weighted by molar-refractivity contribution is 7.71. The molecule has 0 unspecified atom stereocenters. The summed E-state index contributed by atoms with van der Waals surface area (Å²) in [6.45, 7) is 0. The second-order valence-corrected chi connectivity index (χ2v) is 6.24. The first-order valence-corrected chi connectivity index (χ1v) is 8.61. The van der Waals surface area contributed by atoms with Gasteiger partial charge in [0.2, 0.25) is 4.77 Å².